The maximum Gasteiger partial charge on any atom is 0.346 e. The van der Waals surface area contributed by atoms with Crippen molar-refractivity contribution in [2.24, 2.45) is 5.92 Å². The Labute approximate surface area is 211 Å². The van der Waals surface area contributed by atoms with Crippen molar-refractivity contribution in [3.8, 4) is 22.5 Å². The molecule has 1 N–H and O–H groups in total. The van der Waals surface area contributed by atoms with E-state index in [2.05, 4.69) is 57.0 Å². The molecule has 0 aliphatic heterocycles. The van der Waals surface area contributed by atoms with Gasteiger partial charge in [-0.3, -0.25) is 4.57 Å². The predicted octanol–water partition coefficient (Wildman–Crippen LogP) is 5.03. The number of hydrogen-bond acceptors (Lipinski definition) is 5. The molecule has 0 saturated heterocycles. The highest BCUT2D eigenvalue weighted by Gasteiger charge is 2.17. The number of aryl methyl sites for hydroxylation is 1. The summed E-state index contributed by atoms with van der Waals surface area (Å²) in [6, 6.07) is 16.4. The molecule has 0 spiro atoms. The fraction of sp³-hybridized carbons (Fsp3) is 0.393. The van der Waals surface area contributed by atoms with Gasteiger partial charge in [-0.15, -0.1) is 5.10 Å². The smallest absolute Gasteiger partial charge is 0.274 e. The molecule has 36 heavy (non-hydrogen) atoms. The molecule has 0 unspecified atom stereocenters. The van der Waals surface area contributed by atoms with Crippen molar-refractivity contribution < 1.29 is 0 Å². The van der Waals surface area contributed by atoms with Crippen LogP contribution in [0.1, 0.15) is 56.8 Å². The number of aromatic amines is 1. The van der Waals surface area contributed by atoms with E-state index in [0.717, 1.165) is 40.4 Å². The number of H-pyrrole nitrogens is 1. The van der Waals surface area contributed by atoms with Gasteiger partial charge in [-0.2, -0.15) is 5.10 Å². The van der Waals surface area contributed by atoms with Crippen molar-refractivity contribution in [3.05, 3.63) is 82.6 Å². The van der Waals surface area contributed by atoms with E-state index in [1.54, 1.807) is 4.68 Å². The lowest BCUT2D eigenvalue weighted by Gasteiger charge is -2.20. The number of aromatic nitrogens is 7. The Bertz CT molecular complexity index is 1340. The zero-order chi connectivity index (χ0) is 24.7. The van der Waals surface area contributed by atoms with Crippen LogP contribution in [0.2, 0.25) is 0 Å². The minimum absolute atomic E-state index is 0.0162. The van der Waals surface area contributed by atoms with Gasteiger partial charge in [0, 0.05) is 18.5 Å². The average Bonchev–Trinajstić information content (AvgIpc) is 3.56. The summed E-state index contributed by atoms with van der Waals surface area (Å²) in [5.74, 6) is 2.17. The van der Waals surface area contributed by atoms with Gasteiger partial charge < -0.3 is 0 Å². The molecule has 0 atom stereocenters. The van der Waals surface area contributed by atoms with Crippen LogP contribution in [-0.2, 0) is 19.5 Å². The van der Waals surface area contributed by atoms with Gasteiger partial charge in [0.1, 0.15) is 5.82 Å². The molecule has 1 fully saturated rings. The molecule has 0 bridgehead atoms. The number of allylic oxidation sites excluding steroid dienone is 2. The van der Waals surface area contributed by atoms with Gasteiger partial charge >= 0.3 is 5.69 Å². The fourth-order valence-corrected chi connectivity index (χ4v) is 5.13. The fourth-order valence-electron chi connectivity index (χ4n) is 5.13. The monoisotopic (exact) mass is 483 g/mol. The summed E-state index contributed by atoms with van der Waals surface area (Å²) < 4.78 is 3.51. The number of nitrogens with one attached hydrogen (secondary N) is 1. The third-order valence-electron chi connectivity index (χ3n) is 7.14. The van der Waals surface area contributed by atoms with E-state index in [-0.39, 0.29) is 5.69 Å². The average molecular weight is 484 g/mol. The summed E-state index contributed by atoms with van der Waals surface area (Å²) in [5, 5.41) is 19.1. The van der Waals surface area contributed by atoms with Crippen molar-refractivity contribution in [2.45, 2.75) is 65.0 Å². The van der Waals surface area contributed by atoms with Gasteiger partial charge in [-0.05, 0) is 46.4 Å². The Morgan fingerprint density at radius 2 is 1.81 bits per heavy atom. The number of nitrogens with zero attached hydrogens (tertiary/aromatic N) is 6. The first-order chi connectivity index (χ1) is 17.7. The van der Waals surface area contributed by atoms with Crippen LogP contribution in [0.25, 0.3) is 22.5 Å². The minimum Gasteiger partial charge on any atom is -0.274 e. The normalized spacial score (nSPS) is 14.6. The molecule has 1 aliphatic rings. The molecule has 186 valence electrons. The highest BCUT2D eigenvalue weighted by Crippen LogP contribution is 2.30. The van der Waals surface area contributed by atoms with E-state index in [1.807, 2.05) is 35.8 Å². The van der Waals surface area contributed by atoms with Crippen LogP contribution in [0, 0.1) is 5.92 Å². The van der Waals surface area contributed by atoms with E-state index >= 15 is 0 Å². The quantitative estimate of drug-likeness (QED) is 0.337. The molecule has 1 saturated carbocycles. The second kappa shape index (κ2) is 11.3. The largest absolute Gasteiger partial charge is 0.346 e. The molecular weight excluding hydrogens is 450 g/mol. The van der Waals surface area contributed by atoms with Crippen molar-refractivity contribution in [1.82, 2.24) is 35.0 Å². The standard InChI is InChI=1S/C28H33N7O/c1-2-3-13-26-31-35(19-18-21-9-5-4-6-10-21)28(36)34(26)20-22-14-16-23(17-15-22)24-11-7-8-12-25(24)27-29-32-33-30-27/h2-3,7-8,11-12,14-17,21H,4-6,9-10,13,18-20H2,1H3,(H,29,30,32,33). The van der Waals surface area contributed by atoms with E-state index in [0.29, 0.717) is 25.3 Å². The van der Waals surface area contributed by atoms with Crippen LogP contribution in [0.4, 0.5) is 0 Å². The second-order valence-corrected chi connectivity index (χ2v) is 9.57. The molecule has 2 heterocycles. The van der Waals surface area contributed by atoms with Crippen molar-refractivity contribution in [2.75, 3.05) is 0 Å². The first-order valence-corrected chi connectivity index (χ1v) is 12.9. The lowest BCUT2D eigenvalue weighted by Crippen LogP contribution is -2.27. The topological polar surface area (TPSA) is 94.3 Å². The Morgan fingerprint density at radius 3 is 2.53 bits per heavy atom. The van der Waals surface area contributed by atoms with Crippen molar-refractivity contribution in [3.63, 3.8) is 0 Å². The van der Waals surface area contributed by atoms with Crippen molar-refractivity contribution >= 4 is 0 Å². The van der Waals surface area contributed by atoms with E-state index in [9.17, 15) is 4.79 Å². The molecule has 5 rings (SSSR count). The number of hydrogen-bond donors (Lipinski definition) is 1. The summed E-state index contributed by atoms with van der Waals surface area (Å²) >= 11 is 0. The van der Waals surface area contributed by atoms with Crippen LogP contribution in [-0.4, -0.2) is 35.0 Å². The van der Waals surface area contributed by atoms with E-state index in [4.69, 9.17) is 5.10 Å². The highest BCUT2D eigenvalue weighted by molar-refractivity contribution is 5.80. The lowest BCUT2D eigenvalue weighted by molar-refractivity contribution is 0.316. The van der Waals surface area contributed by atoms with Crippen LogP contribution in [0.15, 0.2) is 65.5 Å². The maximum atomic E-state index is 13.3. The van der Waals surface area contributed by atoms with Gasteiger partial charge in [-0.25, -0.2) is 14.6 Å². The zero-order valence-electron chi connectivity index (χ0n) is 20.8. The van der Waals surface area contributed by atoms with E-state index in [1.165, 1.54) is 32.1 Å². The zero-order valence-corrected chi connectivity index (χ0v) is 20.8. The van der Waals surface area contributed by atoms with Gasteiger partial charge in [0.2, 0.25) is 0 Å². The first-order valence-electron chi connectivity index (χ1n) is 12.9. The van der Waals surface area contributed by atoms with Gasteiger partial charge in [0.15, 0.2) is 5.82 Å². The van der Waals surface area contributed by atoms with Gasteiger partial charge in [0.05, 0.1) is 6.54 Å². The summed E-state index contributed by atoms with van der Waals surface area (Å²) in [6.45, 7) is 3.20. The molecule has 2 aromatic carbocycles. The number of tetrazole rings is 1. The third kappa shape index (κ3) is 5.37. The van der Waals surface area contributed by atoms with Crippen LogP contribution >= 0.6 is 0 Å². The Kier molecular flexibility index (Phi) is 7.50. The summed E-state index contributed by atoms with van der Waals surface area (Å²) in [4.78, 5) is 13.3. The second-order valence-electron chi connectivity index (χ2n) is 9.57. The number of rotatable bonds is 9. The first kappa shape index (κ1) is 23.9. The predicted molar refractivity (Wildman–Crippen MR) is 140 cm³/mol. The molecule has 8 heteroatoms. The molecule has 0 radical (unpaired) electrons. The molecule has 1 aliphatic carbocycles. The molecule has 2 aromatic heterocycles. The van der Waals surface area contributed by atoms with E-state index < -0.39 is 0 Å². The SMILES string of the molecule is CC=CCc1nn(CCC2CCCCC2)c(=O)n1Cc1ccc(-c2ccccc2-c2nnn[nH]2)cc1. The molecule has 8 nitrogen and oxygen atoms in total. The van der Waals surface area contributed by atoms with Gasteiger partial charge in [0.25, 0.3) is 0 Å². The Hall–Kier alpha value is -3.81. The summed E-state index contributed by atoms with van der Waals surface area (Å²) in [7, 11) is 0. The Morgan fingerprint density at radius 1 is 1.03 bits per heavy atom. The summed E-state index contributed by atoms with van der Waals surface area (Å²) in [6.07, 6.45) is 12.3. The number of benzene rings is 2. The molecule has 0 amide bonds. The minimum atomic E-state index is -0.0162. The summed E-state index contributed by atoms with van der Waals surface area (Å²) in [5.41, 5.74) is 4.10. The third-order valence-corrected chi connectivity index (χ3v) is 7.14. The molecular formula is C28H33N7O. The van der Waals surface area contributed by atoms with Crippen molar-refractivity contribution in [1.29, 1.82) is 0 Å². The van der Waals surface area contributed by atoms with Gasteiger partial charge in [-0.1, -0.05) is 92.8 Å². The van der Waals surface area contributed by atoms with Crippen LogP contribution in [0.3, 0.4) is 0 Å². The van der Waals surface area contributed by atoms with Crippen LogP contribution < -0.4 is 5.69 Å². The highest BCUT2D eigenvalue weighted by atomic mass is 16.2. The Balaban J connectivity index is 1.36. The molecule has 4 aromatic rings. The lowest BCUT2D eigenvalue weighted by atomic mass is 9.87. The maximum absolute atomic E-state index is 13.3. The van der Waals surface area contributed by atoms with Crippen LogP contribution in [0.5, 0.6) is 0 Å².